The second-order valence-electron chi connectivity index (χ2n) is 18.1. The van der Waals surface area contributed by atoms with E-state index in [1.165, 1.54) is 24.5 Å². The number of halogens is 2. The fourth-order valence-electron chi connectivity index (χ4n) is 9.36. The molecule has 0 aliphatic carbocycles. The average molecular weight is 1010 g/mol. The van der Waals surface area contributed by atoms with Crippen molar-refractivity contribution in [1.82, 2.24) is 9.47 Å². The summed E-state index contributed by atoms with van der Waals surface area (Å²) < 4.78 is 67.3. The Balaban J connectivity index is 0.987. The van der Waals surface area contributed by atoms with Crippen LogP contribution < -0.4 is 25.1 Å². The van der Waals surface area contributed by atoms with Crippen LogP contribution in [0.15, 0.2) is 125 Å². The number of aromatic nitrogens is 1. The lowest BCUT2D eigenvalue weighted by Crippen LogP contribution is -2.46. The smallest absolute Gasteiger partial charge is 0.326 e. The topological polar surface area (TPSA) is 134 Å². The van der Waals surface area contributed by atoms with E-state index in [0.717, 1.165) is 29.1 Å². The van der Waals surface area contributed by atoms with E-state index in [-0.39, 0.29) is 34.6 Å². The van der Waals surface area contributed by atoms with Gasteiger partial charge in [-0.3, -0.25) is 19.3 Å². The summed E-state index contributed by atoms with van der Waals surface area (Å²) in [5.74, 6) is 0.225. The summed E-state index contributed by atoms with van der Waals surface area (Å²) in [4.78, 5) is 19.8. The van der Waals surface area contributed by atoms with E-state index in [0.29, 0.717) is 83.1 Å². The van der Waals surface area contributed by atoms with Gasteiger partial charge in [0, 0.05) is 94.6 Å². The van der Waals surface area contributed by atoms with Crippen LogP contribution >= 0.6 is 30.9 Å². The lowest BCUT2D eigenvalue weighted by molar-refractivity contribution is -0.383. The molecule has 0 saturated carbocycles. The van der Waals surface area contributed by atoms with Crippen LogP contribution in [0.1, 0.15) is 32.0 Å². The first-order valence-electron chi connectivity index (χ1n) is 22.9. The first-order chi connectivity index (χ1) is 32.9. The van der Waals surface area contributed by atoms with Crippen molar-refractivity contribution in [1.29, 1.82) is 0 Å². The van der Waals surface area contributed by atoms with Crippen molar-refractivity contribution in [2.45, 2.75) is 49.1 Å². The molecule has 2 aliphatic rings. The van der Waals surface area contributed by atoms with Gasteiger partial charge in [0.2, 0.25) is 0 Å². The fourth-order valence-corrected chi connectivity index (χ4v) is 13.9. The lowest BCUT2D eigenvalue weighted by Gasteiger charge is -2.37. The molecule has 3 heterocycles. The van der Waals surface area contributed by atoms with E-state index in [2.05, 4.69) is 20.0 Å². The highest BCUT2D eigenvalue weighted by atomic mass is 35.5. The van der Waals surface area contributed by atoms with Gasteiger partial charge in [0.15, 0.2) is 9.84 Å². The van der Waals surface area contributed by atoms with Crippen LogP contribution in [0.4, 0.5) is 32.8 Å². The molecule has 5 aromatic carbocycles. The summed E-state index contributed by atoms with van der Waals surface area (Å²) >= 11 is 7.96. The number of benzene rings is 5. The van der Waals surface area contributed by atoms with Gasteiger partial charge in [-0.05, 0) is 138 Å². The highest BCUT2D eigenvalue weighted by molar-refractivity contribution is 7.99. The van der Waals surface area contributed by atoms with E-state index in [1.54, 1.807) is 47.6 Å². The third kappa shape index (κ3) is 11.0. The number of anilines is 4. The minimum Gasteiger partial charge on any atom is -0.376 e. The minimum absolute atomic E-state index is 0.0713. The Bertz CT molecular complexity index is 2970. The standard InChI is InChI=1S/C51H58ClFN7O6PS2/c1-35(2)59-36(3)51(69(6,64)65)49(50(59)37-12-14-39(52)15-13-37)38-30-40(53)32-44(31-38)57-26-24-56(25-27-57)42-16-18-43(19-17-42)58-28-29-66-67(58,63)45-20-21-47(48(33-45)60(61)62)54-41(22-23-55(4)5)34-68-46-10-8-7-9-11-46/h7-21,30-33,35,41,54H,22-29,34H2,1-6H3/t41-,67?/m1/s1. The molecular weight excluding hydrogens is 956 g/mol. The van der Waals surface area contributed by atoms with Gasteiger partial charge in [-0.2, -0.15) is 0 Å². The molecule has 0 amide bonds. The van der Waals surface area contributed by atoms with E-state index in [1.807, 2.05) is 105 Å². The Morgan fingerprint density at radius 2 is 1.52 bits per heavy atom. The molecule has 8 rings (SSSR count). The summed E-state index contributed by atoms with van der Waals surface area (Å²) in [6.07, 6.45) is 1.96. The Hall–Kier alpha value is -5.35. The normalized spacial score (nSPS) is 17.0. The Labute approximate surface area is 413 Å². The lowest BCUT2D eigenvalue weighted by atomic mass is 9.99. The van der Waals surface area contributed by atoms with E-state index in [9.17, 15) is 23.1 Å². The third-order valence-corrected chi connectivity index (χ3v) is 17.8. The van der Waals surface area contributed by atoms with E-state index < -0.39 is 28.1 Å². The minimum atomic E-state index is -3.75. The number of nitro groups is 1. The van der Waals surface area contributed by atoms with Crippen LogP contribution in [-0.4, -0.2) is 101 Å². The van der Waals surface area contributed by atoms with Gasteiger partial charge in [0.25, 0.3) is 5.69 Å². The van der Waals surface area contributed by atoms with Crippen LogP contribution in [0.25, 0.3) is 22.4 Å². The van der Waals surface area contributed by atoms with Gasteiger partial charge in [0.1, 0.15) is 11.5 Å². The Morgan fingerprint density at radius 3 is 2.14 bits per heavy atom. The molecule has 1 N–H and O–H groups in total. The van der Waals surface area contributed by atoms with Crippen LogP contribution in [0, 0.1) is 22.9 Å². The monoisotopic (exact) mass is 1010 g/mol. The number of sulfone groups is 1. The number of nitro benzene ring substituents is 1. The summed E-state index contributed by atoms with van der Waals surface area (Å²) in [7, 11) is -3.47. The molecule has 0 bridgehead atoms. The van der Waals surface area contributed by atoms with Gasteiger partial charge in [0.05, 0.1) is 34.0 Å². The van der Waals surface area contributed by atoms with Gasteiger partial charge in [-0.15, -0.1) is 11.8 Å². The van der Waals surface area contributed by atoms with Crippen LogP contribution in [0.3, 0.4) is 0 Å². The summed E-state index contributed by atoms with van der Waals surface area (Å²) in [6.45, 7) is 9.50. The van der Waals surface area contributed by atoms with E-state index >= 15 is 4.39 Å². The Morgan fingerprint density at radius 1 is 0.870 bits per heavy atom. The molecule has 364 valence electrons. The number of nitrogens with one attached hydrogen (secondary N) is 1. The summed E-state index contributed by atoms with van der Waals surface area (Å²) in [5.41, 5.74) is 5.43. The number of hydrogen-bond acceptors (Lipinski definition) is 11. The molecule has 69 heavy (non-hydrogen) atoms. The maximum atomic E-state index is 15.8. The molecule has 2 saturated heterocycles. The second kappa shape index (κ2) is 20.9. The Kier molecular flexibility index (Phi) is 15.2. The zero-order valence-corrected chi connectivity index (χ0v) is 42.9. The fraction of sp³-hybridized carbons (Fsp3) is 0.333. The molecule has 0 spiro atoms. The SMILES string of the molecule is Cc1c(S(C)(=O)=O)c(-c2cc(F)cc(N3CCN(c4ccc(N5CCOP5(=O)c5ccc(N[C@H](CCN(C)C)CSc6ccccc6)c([N+](=O)[O-])c5)cc4)CC3)c2)c(-c2ccc(Cl)cc2)n1C(C)C. The molecule has 2 aliphatic heterocycles. The number of piperazine rings is 1. The largest absolute Gasteiger partial charge is 0.376 e. The summed E-state index contributed by atoms with van der Waals surface area (Å²) in [6, 6.07) is 34.3. The quantitative estimate of drug-likeness (QED) is 0.0403. The van der Waals surface area contributed by atoms with E-state index in [4.69, 9.17) is 16.1 Å². The highest BCUT2D eigenvalue weighted by Crippen LogP contribution is 2.56. The molecule has 2 fully saturated rings. The molecule has 0 radical (unpaired) electrons. The van der Waals surface area contributed by atoms with Gasteiger partial charge in [-0.1, -0.05) is 41.9 Å². The predicted octanol–water partition coefficient (Wildman–Crippen LogP) is 11.0. The molecule has 1 unspecified atom stereocenters. The maximum Gasteiger partial charge on any atom is 0.326 e. The van der Waals surface area contributed by atoms with Crippen LogP contribution in [0.2, 0.25) is 5.02 Å². The molecule has 13 nitrogen and oxygen atoms in total. The van der Waals surface area contributed by atoms with Gasteiger partial charge >= 0.3 is 7.52 Å². The average Bonchev–Trinajstić information content (AvgIpc) is 3.88. The molecular formula is C51H58ClFN7O6PS2. The van der Waals surface area contributed by atoms with Crippen molar-refractivity contribution in [3.63, 3.8) is 0 Å². The van der Waals surface area contributed by atoms with Crippen molar-refractivity contribution in [2.75, 3.05) is 91.8 Å². The first-order valence-corrected chi connectivity index (χ1v) is 27.8. The predicted molar refractivity (Wildman–Crippen MR) is 281 cm³/mol. The molecule has 18 heteroatoms. The van der Waals surface area contributed by atoms with Crippen molar-refractivity contribution >= 4 is 74.5 Å². The number of rotatable bonds is 17. The molecule has 2 atom stereocenters. The van der Waals surface area contributed by atoms with Gasteiger partial charge in [-0.25, -0.2) is 12.8 Å². The first kappa shape index (κ1) is 50.1. The van der Waals surface area contributed by atoms with Crippen LogP contribution in [-0.2, 0) is 18.9 Å². The number of thioether (sulfide) groups is 1. The maximum absolute atomic E-state index is 15.8. The number of nitrogens with zero attached hydrogens (tertiary/aromatic N) is 6. The second-order valence-corrected chi connectivity index (χ2v) is 23.8. The highest BCUT2D eigenvalue weighted by Gasteiger charge is 2.41. The molecule has 1 aromatic heterocycles. The molecule has 6 aromatic rings. The zero-order valence-electron chi connectivity index (χ0n) is 39.6. The number of hydrogen-bond donors (Lipinski definition) is 1. The zero-order chi connectivity index (χ0) is 49.2. The van der Waals surface area contributed by atoms with Crippen LogP contribution in [0.5, 0.6) is 0 Å². The summed E-state index contributed by atoms with van der Waals surface area (Å²) in [5, 5.41) is 16.8. The third-order valence-electron chi connectivity index (χ3n) is 12.6. The van der Waals surface area contributed by atoms with Crippen molar-refractivity contribution in [2.24, 2.45) is 0 Å². The van der Waals surface area contributed by atoms with Crippen molar-refractivity contribution < 1.29 is 26.8 Å². The van der Waals surface area contributed by atoms with Gasteiger partial charge < -0.3 is 29.1 Å². The van der Waals surface area contributed by atoms with Crippen molar-refractivity contribution in [3.8, 4) is 22.4 Å². The van der Waals surface area contributed by atoms with Crippen molar-refractivity contribution in [3.05, 3.63) is 142 Å².